The Morgan fingerprint density at radius 2 is 2.11 bits per heavy atom. The summed E-state index contributed by atoms with van der Waals surface area (Å²) >= 11 is 0. The number of hydrogen-bond acceptors (Lipinski definition) is 2. The molecule has 0 aromatic heterocycles. The van der Waals surface area contributed by atoms with Crippen LogP contribution in [0.3, 0.4) is 0 Å². The van der Waals surface area contributed by atoms with Crippen molar-refractivity contribution < 1.29 is 9.47 Å². The minimum Gasteiger partial charge on any atom is -0.349 e. The van der Waals surface area contributed by atoms with E-state index in [1.54, 1.807) is 0 Å². The Balaban J connectivity index is 2.07. The molecule has 0 aromatic carbocycles. The van der Waals surface area contributed by atoms with Gasteiger partial charge in [0.05, 0.1) is 12.2 Å². The zero-order valence-corrected chi connectivity index (χ0v) is 5.67. The highest BCUT2D eigenvalue weighted by Gasteiger charge is 2.38. The molecule has 2 heteroatoms. The van der Waals surface area contributed by atoms with E-state index in [4.69, 9.17) is 9.47 Å². The van der Waals surface area contributed by atoms with E-state index in [1.165, 1.54) is 12.8 Å². The Morgan fingerprint density at radius 1 is 1.22 bits per heavy atom. The molecular weight excluding hydrogens is 116 g/mol. The molecule has 0 radical (unpaired) electrons. The van der Waals surface area contributed by atoms with E-state index in [0.29, 0.717) is 19.0 Å². The Bertz CT molecular complexity index is 113. The number of hydrogen-bond donors (Lipinski definition) is 0. The zero-order chi connectivity index (χ0) is 6.27. The molecule has 0 unspecified atom stereocenters. The third-order valence-corrected chi connectivity index (χ3v) is 2.38. The maximum absolute atomic E-state index is 5.37. The Labute approximate surface area is 55.1 Å². The van der Waals surface area contributed by atoms with Crippen molar-refractivity contribution in [2.24, 2.45) is 5.92 Å². The Hall–Kier alpha value is -0.0800. The van der Waals surface area contributed by atoms with Gasteiger partial charge in [-0.15, -0.1) is 0 Å². The second kappa shape index (κ2) is 1.96. The average molecular weight is 128 g/mol. The molecule has 2 aliphatic rings. The van der Waals surface area contributed by atoms with Crippen molar-refractivity contribution in [3.63, 3.8) is 0 Å². The van der Waals surface area contributed by atoms with E-state index < -0.39 is 0 Å². The summed E-state index contributed by atoms with van der Waals surface area (Å²) in [5, 5.41) is 0. The van der Waals surface area contributed by atoms with Gasteiger partial charge in [-0.2, -0.15) is 0 Å². The van der Waals surface area contributed by atoms with Crippen LogP contribution in [-0.2, 0) is 9.47 Å². The first-order valence-corrected chi connectivity index (χ1v) is 3.61. The van der Waals surface area contributed by atoms with Gasteiger partial charge in [-0.25, -0.2) is 0 Å². The fourth-order valence-corrected chi connectivity index (χ4v) is 1.78. The van der Waals surface area contributed by atoms with Gasteiger partial charge in [-0.3, -0.25) is 0 Å². The first kappa shape index (κ1) is 5.69. The predicted octanol–water partition coefficient (Wildman–Crippen LogP) is 1.16. The molecule has 3 atom stereocenters. The molecule has 1 saturated heterocycles. The third-order valence-electron chi connectivity index (χ3n) is 2.38. The molecule has 0 amide bonds. The van der Waals surface area contributed by atoms with Gasteiger partial charge >= 0.3 is 0 Å². The smallest absolute Gasteiger partial charge is 0.147 e. The van der Waals surface area contributed by atoms with Crippen molar-refractivity contribution in [2.45, 2.75) is 32.0 Å². The van der Waals surface area contributed by atoms with E-state index in [9.17, 15) is 0 Å². The molecule has 0 aromatic rings. The van der Waals surface area contributed by atoms with Crippen molar-refractivity contribution in [2.75, 3.05) is 6.79 Å². The van der Waals surface area contributed by atoms with Gasteiger partial charge in [0.1, 0.15) is 6.79 Å². The standard InChI is InChI=1S/C7H12O2/c1-5-2-3-6-7(5)9-4-8-6/h5-7H,2-4H2,1H3/t5-,6-,7+/m1/s1. The maximum atomic E-state index is 5.37. The number of ether oxygens (including phenoxy) is 2. The molecule has 1 heterocycles. The molecule has 0 N–H and O–H groups in total. The lowest BCUT2D eigenvalue weighted by atomic mass is 10.1. The van der Waals surface area contributed by atoms with Crippen molar-refractivity contribution in [1.29, 1.82) is 0 Å². The van der Waals surface area contributed by atoms with Crippen molar-refractivity contribution in [3.8, 4) is 0 Å². The Morgan fingerprint density at radius 3 is 2.89 bits per heavy atom. The van der Waals surface area contributed by atoms with Crippen LogP contribution in [0.1, 0.15) is 19.8 Å². The van der Waals surface area contributed by atoms with E-state index in [1.807, 2.05) is 0 Å². The summed E-state index contributed by atoms with van der Waals surface area (Å²) in [6.45, 7) is 2.76. The number of rotatable bonds is 0. The summed E-state index contributed by atoms with van der Waals surface area (Å²) < 4.78 is 10.7. The van der Waals surface area contributed by atoms with E-state index in [-0.39, 0.29) is 0 Å². The van der Waals surface area contributed by atoms with Gasteiger partial charge < -0.3 is 9.47 Å². The summed E-state index contributed by atoms with van der Waals surface area (Å²) in [7, 11) is 0. The van der Waals surface area contributed by atoms with E-state index >= 15 is 0 Å². The van der Waals surface area contributed by atoms with Crippen LogP contribution in [0.2, 0.25) is 0 Å². The molecule has 9 heavy (non-hydrogen) atoms. The molecule has 1 aliphatic heterocycles. The molecule has 2 fully saturated rings. The van der Waals surface area contributed by atoms with Crippen molar-refractivity contribution in [3.05, 3.63) is 0 Å². The van der Waals surface area contributed by atoms with E-state index in [0.717, 1.165) is 5.92 Å². The second-order valence-electron chi connectivity index (χ2n) is 3.01. The molecule has 1 saturated carbocycles. The summed E-state index contributed by atoms with van der Waals surface area (Å²) in [6, 6.07) is 0. The van der Waals surface area contributed by atoms with Crippen LogP contribution in [0.25, 0.3) is 0 Å². The monoisotopic (exact) mass is 128 g/mol. The summed E-state index contributed by atoms with van der Waals surface area (Å²) in [4.78, 5) is 0. The molecular formula is C7H12O2. The minimum absolute atomic E-state index is 0.421. The SMILES string of the molecule is C[C@@H]1CC[C@H]2OCO[C@@H]12. The van der Waals surface area contributed by atoms with Crippen LogP contribution < -0.4 is 0 Å². The average Bonchev–Trinajstić information content (AvgIpc) is 2.35. The van der Waals surface area contributed by atoms with Crippen LogP contribution in [0.4, 0.5) is 0 Å². The van der Waals surface area contributed by atoms with Gasteiger partial charge in [0.2, 0.25) is 0 Å². The van der Waals surface area contributed by atoms with Crippen molar-refractivity contribution >= 4 is 0 Å². The molecule has 2 rings (SSSR count). The Kier molecular flexibility index (Phi) is 1.24. The summed E-state index contributed by atoms with van der Waals surface area (Å²) in [5.74, 6) is 0.720. The molecule has 52 valence electrons. The second-order valence-corrected chi connectivity index (χ2v) is 3.01. The fraction of sp³-hybridized carbons (Fsp3) is 1.00. The summed E-state index contributed by atoms with van der Waals surface area (Å²) in [5.41, 5.74) is 0. The van der Waals surface area contributed by atoms with Gasteiger partial charge in [0, 0.05) is 0 Å². The fourth-order valence-electron chi connectivity index (χ4n) is 1.78. The predicted molar refractivity (Wildman–Crippen MR) is 33.0 cm³/mol. The molecule has 2 nitrogen and oxygen atoms in total. The zero-order valence-electron chi connectivity index (χ0n) is 5.67. The maximum Gasteiger partial charge on any atom is 0.147 e. The van der Waals surface area contributed by atoms with Gasteiger partial charge in [0.25, 0.3) is 0 Å². The normalized spacial score (nSPS) is 49.7. The highest BCUT2D eigenvalue weighted by molar-refractivity contribution is 4.86. The van der Waals surface area contributed by atoms with Gasteiger partial charge in [0.15, 0.2) is 0 Å². The topological polar surface area (TPSA) is 18.5 Å². The first-order chi connectivity index (χ1) is 4.38. The van der Waals surface area contributed by atoms with Gasteiger partial charge in [-0.05, 0) is 18.8 Å². The molecule has 0 spiro atoms. The van der Waals surface area contributed by atoms with Gasteiger partial charge in [-0.1, -0.05) is 6.92 Å². The molecule has 0 bridgehead atoms. The van der Waals surface area contributed by atoms with Crippen LogP contribution >= 0.6 is 0 Å². The van der Waals surface area contributed by atoms with E-state index in [2.05, 4.69) is 6.92 Å². The lowest BCUT2D eigenvalue weighted by Crippen LogP contribution is -2.19. The third kappa shape index (κ3) is 0.775. The molecule has 1 aliphatic carbocycles. The summed E-state index contributed by atoms with van der Waals surface area (Å²) in [6.07, 6.45) is 3.33. The quantitative estimate of drug-likeness (QED) is 0.487. The van der Waals surface area contributed by atoms with Crippen LogP contribution in [0.15, 0.2) is 0 Å². The largest absolute Gasteiger partial charge is 0.349 e. The van der Waals surface area contributed by atoms with Crippen LogP contribution in [0, 0.1) is 5.92 Å². The van der Waals surface area contributed by atoms with Crippen LogP contribution in [0.5, 0.6) is 0 Å². The van der Waals surface area contributed by atoms with Crippen LogP contribution in [-0.4, -0.2) is 19.0 Å². The highest BCUT2D eigenvalue weighted by atomic mass is 16.7. The van der Waals surface area contributed by atoms with Crippen molar-refractivity contribution in [1.82, 2.24) is 0 Å². The number of fused-ring (bicyclic) bond motifs is 1. The minimum atomic E-state index is 0.421. The lowest BCUT2D eigenvalue weighted by Gasteiger charge is -2.09. The first-order valence-electron chi connectivity index (χ1n) is 3.61. The highest BCUT2D eigenvalue weighted by Crippen LogP contribution is 2.33. The lowest BCUT2D eigenvalue weighted by molar-refractivity contribution is 0.0198.